The molecule has 0 aromatic heterocycles. The number of carboxylic acid groups (broad SMARTS) is 2. The SMILES string of the molecule is CCCCOC(=O)CC(O)(CC(=O)O)C(=O)O.N.[Fe]. The van der Waals surface area contributed by atoms with E-state index in [1.54, 1.807) is 0 Å². The first-order valence-corrected chi connectivity index (χ1v) is 5.15. The molecule has 19 heavy (non-hydrogen) atoms. The van der Waals surface area contributed by atoms with Crippen molar-refractivity contribution in [1.29, 1.82) is 0 Å². The summed E-state index contributed by atoms with van der Waals surface area (Å²) in [6.45, 7) is 2.00. The van der Waals surface area contributed by atoms with Crippen molar-refractivity contribution >= 4 is 17.9 Å². The predicted molar refractivity (Wildman–Crippen MR) is 60.3 cm³/mol. The first-order chi connectivity index (χ1) is 7.81. The molecule has 8 nitrogen and oxygen atoms in total. The summed E-state index contributed by atoms with van der Waals surface area (Å²) in [5, 5.41) is 26.6. The Balaban J connectivity index is -0.00000128. The van der Waals surface area contributed by atoms with Gasteiger partial charge in [0.2, 0.25) is 0 Å². The summed E-state index contributed by atoms with van der Waals surface area (Å²) in [6.07, 6.45) is -0.509. The maximum Gasteiger partial charge on any atom is 0.336 e. The zero-order valence-electron chi connectivity index (χ0n) is 10.6. The molecule has 0 aliphatic heterocycles. The van der Waals surface area contributed by atoms with Gasteiger partial charge >= 0.3 is 17.9 Å². The van der Waals surface area contributed by atoms with Gasteiger partial charge in [-0.2, -0.15) is 0 Å². The second kappa shape index (κ2) is 10.7. The van der Waals surface area contributed by atoms with Crippen LogP contribution in [0.4, 0.5) is 0 Å². The van der Waals surface area contributed by atoms with E-state index < -0.39 is 36.4 Å². The first-order valence-electron chi connectivity index (χ1n) is 5.15. The molecule has 0 radical (unpaired) electrons. The number of ether oxygens (including phenoxy) is 1. The van der Waals surface area contributed by atoms with Crippen LogP contribution in [0.1, 0.15) is 32.6 Å². The Bertz CT molecular complexity index is 310. The quantitative estimate of drug-likeness (QED) is 0.280. The summed E-state index contributed by atoms with van der Waals surface area (Å²) in [6, 6.07) is 0. The van der Waals surface area contributed by atoms with Crippen LogP contribution in [0.25, 0.3) is 0 Å². The number of esters is 1. The number of aliphatic hydroxyl groups is 1. The zero-order chi connectivity index (χ0) is 13.5. The molecule has 0 spiro atoms. The normalized spacial score (nSPS) is 12.3. The molecule has 0 fully saturated rings. The number of carboxylic acids is 2. The van der Waals surface area contributed by atoms with Crippen LogP contribution >= 0.6 is 0 Å². The van der Waals surface area contributed by atoms with E-state index in [1.165, 1.54) is 0 Å². The number of carbonyl (C=O) groups excluding carboxylic acids is 1. The minimum atomic E-state index is -2.62. The molecule has 1 atom stereocenters. The molecule has 1 unspecified atom stereocenters. The molecule has 0 heterocycles. The summed E-state index contributed by atoms with van der Waals surface area (Å²) in [5.41, 5.74) is -2.62. The van der Waals surface area contributed by atoms with E-state index in [4.69, 9.17) is 10.2 Å². The summed E-state index contributed by atoms with van der Waals surface area (Å²) < 4.78 is 4.65. The van der Waals surface area contributed by atoms with Crippen molar-refractivity contribution in [2.75, 3.05) is 6.61 Å². The molecule has 114 valence electrons. The van der Waals surface area contributed by atoms with Crippen molar-refractivity contribution in [3.63, 3.8) is 0 Å². The first kappa shape index (κ1) is 23.0. The van der Waals surface area contributed by atoms with Crippen molar-refractivity contribution in [2.24, 2.45) is 0 Å². The van der Waals surface area contributed by atoms with E-state index >= 15 is 0 Å². The fraction of sp³-hybridized carbons (Fsp3) is 0.700. The summed E-state index contributed by atoms with van der Waals surface area (Å²) in [4.78, 5) is 32.3. The topological polar surface area (TPSA) is 156 Å². The third kappa shape index (κ3) is 9.43. The number of hydrogen-bond donors (Lipinski definition) is 4. The number of aliphatic carboxylic acids is 2. The minimum absolute atomic E-state index is 0. The second-order valence-corrected chi connectivity index (χ2v) is 3.66. The van der Waals surface area contributed by atoms with Crippen LogP contribution in [-0.4, -0.2) is 45.4 Å². The van der Waals surface area contributed by atoms with Crippen LogP contribution in [0.2, 0.25) is 0 Å². The van der Waals surface area contributed by atoms with Gasteiger partial charge in [-0.3, -0.25) is 9.59 Å². The van der Waals surface area contributed by atoms with E-state index in [0.29, 0.717) is 6.42 Å². The van der Waals surface area contributed by atoms with Crippen LogP contribution < -0.4 is 6.15 Å². The summed E-state index contributed by atoms with van der Waals surface area (Å²) >= 11 is 0. The van der Waals surface area contributed by atoms with E-state index in [1.807, 2.05) is 6.92 Å². The van der Waals surface area contributed by atoms with Gasteiger partial charge in [-0.1, -0.05) is 13.3 Å². The van der Waals surface area contributed by atoms with Gasteiger partial charge in [-0.05, 0) is 6.42 Å². The van der Waals surface area contributed by atoms with Crippen molar-refractivity contribution in [3.8, 4) is 0 Å². The van der Waals surface area contributed by atoms with Crippen molar-refractivity contribution in [1.82, 2.24) is 6.15 Å². The zero-order valence-corrected chi connectivity index (χ0v) is 11.7. The van der Waals surface area contributed by atoms with E-state index in [2.05, 4.69) is 4.74 Å². The monoisotopic (exact) mass is 321 g/mol. The van der Waals surface area contributed by atoms with E-state index in [9.17, 15) is 19.5 Å². The van der Waals surface area contributed by atoms with Gasteiger partial charge in [-0.25, -0.2) is 4.79 Å². The van der Waals surface area contributed by atoms with Gasteiger partial charge in [0.15, 0.2) is 5.60 Å². The Morgan fingerprint density at radius 3 is 2.05 bits per heavy atom. The number of carbonyl (C=O) groups is 3. The predicted octanol–water partition coefficient (Wildman–Crippen LogP) is 0.170. The van der Waals surface area contributed by atoms with Crippen LogP contribution in [0.15, 0.2) is 0 Å². The molecule has 0 aliphatic rings. The Morgan fingerprint density at radius 2 is 1.68 bits per heavy atom. The standard InChI is InChI=1S/C10H16O7.Fe.H3N/c1-2-3-4-17-8(13)6-10(16,9(14)15)5-7(11)12;;/h16H,2-6H2,1H3,(H,11,12)(H,14,15);;1H3. The largest absolute Gasteiger partial charge is 0.481 e. The summed E-state index contributed by atoms with van der Waals surface area (Å²) in [7, 11) is 0. The molecule has 0 amide bonds. The van der Waals surface area contributed by atoms with Gasteiger partial charge in [0.25, 0.3) is 0 Å². The number of hydrogen-bond acceptors (Lipinski definition) is 6. The van der Waals surface area contributed by atoms with Crippen LogP contribution in [0.5, 0.6) is 0 Å². The van der Waals surface area contributed by atoms with Crippen molar-refractivity contribution in [2.45, 2.75) is 38.2 Å². The molecule has 0 rings (SSSR count). The minimum Gasteiger partial charge on any atom is -0.481 e. The molecule has 0 aromatic rings. The maximum absolute atomic E-state index is 11.2. The second-order valence-electron chi connectivity index (χ2n) is 3.66. The molecule has 0 saturated carbocycles. The fourth-order valence-electron chi connectivity index (χ4n) is 1.08. The van der Waals surface area contributed by atoms with Gasteiger partial charge < -0.3 is 26.2 Å². The van der Waals surface area contributed by atoms with Crippen molar-refractivity contribution in [3.05, 3.63) is 0 Å². The Morgan fingerprint density at radius 1 is 1.16 bits per heavy atom. The van der Waals surface area contributed by atoms with E-state index in [-0.39, 0.29) is 29.8 Å². The third-order valence-electron chi connectivity index (χ3n) is 2.04. The molecule has 0 aliphatic carbocycles. The molecule has 9 heteroatoms. The van der Waals surface area contributed by atoms with Gasteiger partial charge in [0, 0.05) is 17.1 Å². The fourth-order valence-corrected chi connectivity index (χ4v) is 1.08. The Hall–Kier alpha value is -1.15. The molecule has 6 N–H and O–H groups in total. The average molecular weight is 321 g/mol. The molecule has 0 bridgehead atoms. The van der Waals surface area contributed by atoms with Gasteiger partial charge in [-0.15, -0.1) is 0 Å². The Kier molecular flexibility index (Phi) is 13.0. The summed E-state index contributed by atoms with van der Waals surface area (Å²) in [5.74, 6) is -4.19. The molecule has 0 saturated heterocycles. The Labute approximate surface area is 121 Å². The smallest absolute Gasteiger partial charge is 0.336 e. The van der Waals surface area contributed by atoms with Gasteiger partial charge in [0.1, 0.15) is 0 Å². The van der Waals surface area contributed by atoms with Crippen LogP contribution in [0.3, 0.4) is 0 Å². The molecular formula is C10H19FeNO7. The number of rotatable bonds is 8. The van der Waals surface area contributed by atoms with Crippen molar-refractivity contribution < 1.29 is 51.5 Å². The average Bonchev–Trinajstić information content (AvgIpc) is 2.16. The van der Waals surface area contributed by atoms with Gasteiger partial charge in [0.05, 0.1) is 19.4 Å². The van der Waals surface area contributed by atoms with E-state index in [0.717, 1.165) is 6.42 Å². The number of unbranched alkanes of at least 4 members (excludes halogenated alkanes) is 1. The maximum atomic E-state index is 11.2. The third-order valence-corrected chi connectivity index (χ3v) is 2.04. The van der Waals surface area contributed by atoms with Crippen LogP contribution in [0, 0.1) is 0 Å². The van der Waals surface area contributed by atoms with Crippen LogP contribution in [-0.2, 0) is 36.2 Å². The molecule has 0 aromatic carbocycles. The molecular weight excluding hydrogens is 302 g/mol.